The molecule has 1 N–H and O–H groups in total. The van der Waals surface area contributed by atoms with Crippen molar-refractivity contribution in [2.75, 3.05) is 0 Å². The van der Waals surface area contributed by atoms with Gasteiger partial charge in [0.05, 0.1) is 41.9 Å². The number of nitrogens with zero attached hydrogens (tertiary/aromatic N) is 4. The predicted molar refractivity (Wildman–Crippen MR) is 108 cm³/mol. The lowest BCUT2D eigenvalue weighted by Crippen LogP contribution is -2.37. The molecule has 0 saturated carbocycles. The van der Waals surface area contributed by atoms with Gasteiger partial charge in [-0.15, -0.1) is 0 Å². The summed E-state index contributed by atoms with van der Waals surface area (Å²) in [6, 6.07) is 7.95. The number of ether oxygens (including phenoxy) is 1. The van der Waals surface area contributed by atoms with E-state index in [1.54, 1.807) is 12.4 Å². The Morgan fingerprint density at radius 3 is 2.93 bits per heavy atom. The lowest BCUT2D eigenvalue weighted by molar-refractivity contribution is 0.112. The molecule has 0 radical (unpaired) electrons. The number of alkyl carbamates (subject to hydrolysis) is 1. The summed E-state index contributed by atoms with van der Waals surface area (Å²) in [5.41, 5.74) is 5.78. The van der Waals surface area contributed by atoms with Gasteiger partial charge in [0.1, 0.15) is 0 Å². The minimum Gasteiger partial charge on any atom is -0.447 e. The van der Waals surface area contributed by atoms with E-state index in [1.165, 1.54) is 5.56 Å². The largest absolute Gasteiger partial charge is 0.447 e. The minimum absolute atomic E-state index is 0.0313. The molecule has 1 aliphatic carbocycles. The Labute approximate surface area is 169 Å². The van der Waals surface area contributed by atoms with Gasteiger partial charge in [0.25, 0.3) is 0 Å². The van der Waals surface area contributed by atoms with Gasteiger partial charge in [-0.1, -0.05) is 0 Å². The third-order valence-electron chi connectivity index (χ3n) is 5.10. The number of hydrogen-bond acceptors (Lipinski definition) is 5. The van der Waals surface area contributed by atoms with Gasteiger partial charge in [-0.2, -0.15) is 5.26 Å². The summed E-state index contributed by atoms with van der Waals surface area (Å²) >= 11 is 0. The summed E-state index contributed by atoms with van der Waals surface area (Å²) < 4.78 is 7.46. The molecule has 1 amide bonds. The van der Waals surface area contributed by atoms with Crippen molar-refractivity contribution in [3.05, 3.63) is 58.8 Å². The first-order valence-electron chi connectivity index (χ1n) is 9.73. The summed E-state index contributed by atoms with van der Waals surface area (Å²) in [7, 11) is 0. The van der Waals surface area contributed by atoms with Crippen LogP contribution in [0.3, 0.4) is 0 Å². The third-order valence-corrected chi connectivity index (χ3v) is 5.10. The molecule has 3 aromatic rings. The van der Waals surface area contributed by atoms with Gasteiger partial charge in [-0.25, -0.2) is 4.79 Å². The molecule has 0 saturated heterocycles. The smallest absolute Gasteiger partial charge is 0.407 e. The Kier molecular flexibility index (Phi) is 4.93. The maximum atomic E-state index is 12.1. The standard InChI is InChI=1S/C22H23N5O2/c1-13(2)29-22(28)26-16-7-19-18-6-15(9-23)4-5-20(18)27(21(19)8-16)12-17-11-24-10-14(3)25-17/h4-6,10-11,13,16H,7-8,12H2,1-3H3,(H,26,28). The topological polar surface area (TPSA) is 92.8 Å². The molecule has 1 unspecified atom stereocenters. The first kappa shape index (κ1) is 18.9. The molecule has 7 nitrogen and oxygen atoms in total. The molecule has 0 aliphatic heterocycles. The molecule has 0 spiro atoms. The zero-order valence-electron chi connectivity index (χ0n) is 16.8. The Hall–Kier alpha value is -3.40. The van der Waals surface area contributed by atoms with Crippen LogP contribution in [0.5, 0.6) is 0 Å². The second kappa shape index (κ2) is 7.55. The van der Waals surface area contributed by atoms with E-state index in [0.29, 0.717) is 24.9 Å². The molecule has 29 heavy (non-hydrogen) atoms. The number of hydrogen-bond donors (Lipinski definition) is 1. The lowest BCUT2D eigenvalue weighted by atomic mass is 10.1. The second-order valence-corrected chi connectivity index (χ2v) is 7.71. The van der Waals surface area contributed by atoms with Gasteiger partial charge in [0.2, 0.25) is 0 Å². The number of amides is 1. The number of benzene rings is 1. The fraction of sp³-hybridized carbons (Fsp3) is 0.364. The van der Waals surface area contributed by atoms with E-state index < -0.39 is 6.09 Å². The summed E-state index contributed by atoms with van der Waals surface area (Å²) in [6.45, 7) is 6.18. The highest BCUT2D eigenvalue weighted by atomic mass is 16.6. The van der Waals surface area contributed by atoms with Crippen molar-refractivity contribution in [2.24, 2.45) is 0 Å². The van der Waals surface area contributed by atoms with E-state index >= 15 is 0 Å². The fourth-order valence-electron chi connectivity index (χ4n) is 4.01. The fourth-order valence-corrected chi connectivity index (χ4v) is 4.01. The molecule has 148 valence electrons. The summed E-state index contributed by atoms with van der Waals surface area (Å²) in [5, 5.41) is 13.4. The summed E-state index contributed by atoms with van der Waals surface area (Å²) in [5.74, 6) is 0. The van der Waals surface area contributed by atoms with Crippen molar-refractivity contribution in [1.29, 1.82) is 5.26 Å². The van der Waals surface area contributed by atoms with Crippen LogP contribution >= 0.6 is 0 Å². The molecule has 0 fully saturated rings. The number of aromatic nitrogens is 3. The molecule has 4 rings (SSSR count). The van der Waals surface area contributed by atoms with E-state index in [9.17, 15) is 10.1 Å². The van der Waals surface area contributed by atoms with Crippen LogP contribution in [0.2, 0.25) is 0 Å². The SMILES string of the molecule is Cc1cncc(Cn2c3c(c4cc(C#N)ccc42)CC(NC(=O)OC(C)C)C3)n1. The van der Waals surface area contributed by atoms with Gasteiger partial charge in [-0.3, -0.25) is 9.97 Å². The van der Waals surface area contributed by atoms with Crippen molar-refractivity contribution < 1.29 is 9.53 Å². The minimum atomic E-state index is -0.395. The molecule has 0 bridgehead atoms. The molecular weight excluding hydrogens is 366 g/mol. The van der Waals surface area contributed by atoms with Crippen LogP contribution in [-0.4, -0.2) is 32.8 Å². The average molecular weight is 389 g/mol. The van der Waals surface area contributed by atoms with Crippen LogP contribution in [0.25, 0.3) is 10.9 Å². The highest BCUT2D eigenvalue weighted by Crippen LogP contribution is 2.34. The summed E-state index contributed by atoms with van der Waals surface area (Å²) in [6.07, 6.45) is 4.37. The number of aryl methyl sites for hydroxylation is 1. The molecule has 2 aromatic heterocycles. The van der Waals surface area contributed by atoms with Gasteiger partial charge >= 0.3 is 6.09 Å². The second-order valence-electron chi connectivity index (χ2n) is 7.71. The van der Waals surface area contributed by atoms with Crippen LogP contribution in [0, 0.1) is 18.3 Å². The Morgan fingerprint density at radius 1 is 1.38 bits per heavy atom. The van der Waals surface area contributed by atoms with E-state index in [2.05, 4.69) is 25.9 Å². The Bertz CT molecular complexity index is 1130. The lowest BCUT2D eigenvalue weighted by Gasteiger charge is -2.16. The first-order valence-corrected chi connectivity index (χ1v) is 9.73. The van der Waals surface area contributed by atoms with Crippen molar-refractivity contribution in [2.45, 2.75) is 52.3 Å². The number of carbonyl (C=O) groups excluding carboxylic acids is 1. The van der Waals surface area contributed by atoms with Crippen LogP contribution in [0.15, 0.2) is 30.6 Å². The van der Waals surface area contributed by atoms with E-state index in [-0.39, 0.29) is 12.1 Å². The quantitative estimate of drug-likeness (QED) is 0.739. The van der Waals surface area contributed by atoms with Crippen molar-refractivity contribution >= 4 is 17.0 Å². The Balaban J connectivity index is 1.70. The number of nitrogens with one attached hydrogen (secondary N) is 1. The van der Waals surface area contributed by atoms with Gasteiger partial charge in [-0.05, 0) is 51.0 Å². The van der Waals surface area contributed by atoms with E-state index in [1.807, 2.05) is 39.0 Å². The van der Waals surface area contributed by atoms with Crippen molar-refractivity contribution in [1.82, 2.24) is 19.9 Å². The number of nitriles is 1. The Morgan fingerprint density at radius 2 is 2.21 bits per heavy atom. The summed E-state index contributed by atoms with van der Waals surface area (Å²) in [4.78, 5) is 20.9. The molecule has 7 heteroatoms. The van der Waals surface area contributed by atoms with Gasteiger partial charge in [0, 0.05) is 35.3 Å². The van der Waals surface area contributed by atoms with Crippen molar-refractivity contribution in [3.63, 3.8) is 0 Å². The zero-order valence-corrected chi connectivity index (χ0v) is 16.8. The van der Waals surface area contributed by atoms with Gasteiger partial charge in [0.15, 0.2) is 0 Å². The first-order chi connectivity index (χ1) is 13.9. The van der Waals surface area contributed by atoms with Crippen molar-refractivity contribution in [3.8, 4) is 6.07 Å². The number of carbonyl (C=O) groups is 1. The van der Waals surface area contributed by atoms with E-state index in [4.69, 9.17) is 4.74 Å². The van der Waals surface area contributed by atoms with Crippen LogP contribution in [-0.2, 0) is 24.1 Å². The average Bonchev–Trinajstić information content (AvgIpc) is 3.19. The zero-order chi connectivity index (χ0) is 20.5. The molecule has 1 aliphatic rings. The van der Waals surface area contributed by atoms with Crippen LogP contribution in [0.4, 0.5) is 4.79 Å². The predicted octanol–water partition coefficient (Wildman–Crippen LogP) is 3.26. The monoisotopic (exact) mass is 389 g/mol. The maximum Gasteiger partial charge on any atom is 0.407 e. The van der Waals surface area contributed by atoms with Gasteiger partial charge < -0.3 is 14.6 Å². The molecule has 2 heterocycles. The normalized spacial score (nSPS) is 15.3. The molecular formula is C22H23N5O2. The number of fused-ring (bicyclic) bond motifs is 3. The molecule has 1 atom stereocenters. The maximum absolute atomic E-state index is 12.1. The van der Waals surface area contributed by atoms with Crippen LogP contribution < -0.4 is 5.32 Å². The third kappa shape index (κ3) is 3.79. The number of rotatable bonds is 4. The molecule has 1 aromatic carbocycles. The van der Waals surface area contributed by atoms with E-state index in [0.717, 1.165) is 28.0 Å². The van der Waals surface area contributed by atoms with Crippen LogP contribution in [0.1, 0.15) is 42.1 Å². The highest BCUT2D eigenvalue weighted by molar-refractivity contribution is 5.88. The highest BCUT2D eigenvalue weighted by Gasteiger charge is 2.30.